The number of hydrogen-bond donors (Lipinski definition) is 0. The van der Waals surface area contributed by atoms with Gasteiger partial charge >= 0.3 is 0 Å². The van der Waals surface area contributed by atoms with Gasteiger partial charge in [-0.15, -0.1) is 0 Å². The molecule has 0 atom stereocenters. The maximum Gasteiger partial charge on any atom is 0.128 e. The summed E-state index contributed by atoms with van der Waals surface area (Å²) in [6, 6.07) is 0. The van der Waals surface area contributed by atoms with E-state index in [0.717, 1.165) is 0 Å². The van der Waals surface area contributed by atoms with Crippen molar-refractivity contribution in [2.75, 3.05) is 109 Å². The minimum absolute atomic E-state index is 0. The molecule has 0 unspecified atom stereocenters. The number of likely N-dealkylation sites (N-methyl/N-ethyl adjacent to an activating group) is 4. The second-order valence-corrected chi connectivity index (χ2v) is 9.53. The fourth-order valence-corrected chi connectivity index (χ4v) is 2.61. The summed E-state index contributed by atoms with van der Waals surface area (Å²) >= 11 is 0. The first kappa shape index (κ1) is 25.0. The van der Waals surface area contributed by atoms with Gasteiger partial charge in [0.1, 0.15) is 52.4 Å². The van der Waals surface area contributed by atoms with Crippen molar-refractivity contribution in [2.45, 2.75) is 0 Å². The highest BCUT2D eigenvalue weighted by molar-refractivity contribution is 4.44. The average molecular weight is 448 g/mol. The number of nitrogens with zero attached hydrogens (tertiary/aromatic N) is 4. The van der Waals surface area contributed by atoms with Crippen molar-refractivity contribution in [3.63, 3.8) is 0 Å². The Morgan fingerprint density at radius 3 is 0.500 bits per heavy atom. The fourth-order valence-electron chi connectivity index (χ4n) is 2.61. The highest BCUT2D eigenvalue weighted by Gasteiger charge is 2.31. The van der Waals surface area contributed by atoms with Gasteiger partial charge in [0, 0.05) is 0 Å². The van der Waals surface area contributed by atoms with E-state index in [4.69, 9.17) is 0 Å². The van der Waals surface area contributed by atoms with Crippen LogP contribution in [0.1, 0.15) is 0 Å². The molecule has 2 aliphatic heterocycles. The van der Waals surface area contributed by atoms with Gasteiger partial charge in [-0.25, -0.2) is 0 Å². The summed E-state index contributed by atoms with van der Waals surface area (Å²) in [5.41, 5.74) is 0. The predicted molar refractivity (Wildman–Crippen MR) is 87.4 cm³/mol. The van der Waals surface area contributed by atoms with Gasteiger partial charge in [0.25, 0.3) is 0 Å². The van der Waals surface area contributed by atoms with Gasteiger partial charge in [-0.1, -0.05) is 0 Å². The highest BCUT2D eigenvalue weighted by atomic mass is 79.9. The van der Waals surface area contributed by atoms with Gasteiger partial charge in [0.15, 0.2) is 0 Å². The molecule has 22 heavy (non-hydrogen) atoms. The smallest absolute Gasteiger partial charge is 0.128 e. The zero-order valence-corrected chi connectivity index (χ0v) is 19.4. The standard InChI is InChI=1S/2C8H20N2.2BrH/c2*1-9(2)5-7-10(3,4)8-6-9;;/h2*5-8H2,1-4H3;2*1H/q2*+2;;/p-2. The Bertz CT molecular complexity index is 240. The lowest BCUT2D eigenvalue weighted by Crippen LogP contribution is -3.00. The summed E-state index contributed by atoms with van der Waals surface area (Å²) in [6.07, 6.45) is 0. The summed E-state index contributed by atoms with van der Waals surface area (Å²) < 4.78 is 4.84. The van der Waals surface area contributed by atoms with Gasteiger partial charge in [-0.3, -0.25) is 0 Å². The van der Waals surface area contributed by atoms with Gasteiger partial charge in [-0.05, 0) is 0 Å². The molecule has 0 aliphatic carbocycles. The van der Waals surface area contributed by atoms with Crippen molar-refractivity contribution in [1.82, 2.24) is 0 Å². The molecule has 0 amide bonds. The minimum atomic E-state index is 0. The second-order valence-electron chi connectivity index (χ2n) is 9.53. The Kier molecular flexibility index (Phi) is 9.98. The molecule has 2 rings (SSSR count). The van der Waals surface area contributed by atoms with E-state index in [1.807, 2.05) is 0 Å². The Morgan fingerprint density at radius 2 is 0.409 bits per heavy atom. The van der Waals surface area contributed by atoms with Gasteiger partial charge in [-0.2, -0.15) is 0 Å². The van der Waals surface area contributed by atoms with E-state index < -0.39 is 0 Å². The van der Waals surface area contributed by atoms with E-state index in [2.05, 4.69) is 56.4 Å². The van der Waals surface area contributed by atoms with E-state index in [9.17, 15) is 0 Å². The zero-order valence-electron chi connectivity index (χ0n) is 16.2. The molecular formula is C16H40Br2N4+2. The van der Waals surface area contributed by atoms with E-state index in [-0.39, 0.29) is 34.0 Å². The third-order valence-corrected chi connectivity index (χ3v) is 5.24. The second kappa shape index (κ2) is 8.77. The van der Waals surface area contributed by atoms with Crippen LogP contribution in [0, 0.1) is 0 Å². The van der Waals surface area contributed by atoms with E-state index in [1.54, 1.807) is 0 Å². The Morgan fingerprint density at radius 1 is 0.318 bits per heavy atom. The number of halogens is 2. The van der Waals surface area contributed by atoms with Crippen molar-refractivity contribution in [3.8, 4) is 0 Å². The van der Waals surface area contributed by atoms with Crippen LogP contribution in [0.5, 0.6) is 0 Å². The number of hydrogen-bond acceptors (Lipinski definition) is 0. The van der Waals surface area contributed by atoms with Crippen LogP contribution in [0.15, 0.2) is 0 Å². The van der Waals surface area contributed by atoms with Crippen molar-refractivity contribution in [1.29, 1.82) is 0 Å². The monoisotopic (exact) mass is 446 g/mol. The van der Waals surface area contributed by atoms with Crippen molar-refractivity contribution in [2.24, 2.45) is 0 Å². The minimum Gasteiger partial charge on any atom is -1.00 e. The molecule has 136 valence electrons. The first-order valence-electron chi connectivity index (χ1n) is 8.11. The van der Waals surface area contributed by atoms with Crippen molar-refractivity contribution >= 4 is 0 Å². The lowest BCUT2D eigenvalue weighted by Gasteiger charge is -2.42. The third-order valence-electron chi connectivity index (χ3n) is 5.24. The van der Waals surface area contributed by atoms with E-state index in [0.29, 0.717) is 0 Å². The Balaban J connectivity index is 0. The molecule has 0 radical (unpaired) electrons. The number of quaternary nitrogens is 4. The van der Waals surface area contributed by atoms with E-state index >= 15 is 0 Å². The maximum atomic E-state index is 2.32. The predicted octanol–water partition coefficient (Wildman–Crippen LogP) is -5.69. The molecule has 2 aliphatic rings. The van der Waals surface area contributed by atoms with Gasteiger partial charge < -0.3 is 51.9 Å². The quantitative estimate of drug-likeness (QED) is 0.325. The molecule has 0 saturated carbocycles. The molecule has 4 nitrogen and oxygen atoms in total. The summed E-state index contributed by atoms with van der Waals surface area (Å²) in [5.74, 6) is 0. The molecule has 2 saturated heterocycles. The zero-order chi connectivity index (χ0) is 15.7. The molecule has 0 aromatic carbocycles. The topological polar surface area (TPSA) is 0 Å². The first-order chi connectivity index (χ1) is 8.83. The first-order valence-corrected chi connectivity index (χ1v) is 8.11. The number of rotatable bonds is 0. The average Bonchev–Trinajstić information content (AvgIpc) is 2.30. The normalized spacial score (nSPS) is 27.3. The van der Waals surface area contributed by atoms with E-state index in [1.165, 1.54) is 70.3 Å². The van der Waals surface area contributed by atoms with Crippen LogP contribution < -0.4 is 34.0 Å². The lowest BCUT2D eigenvalue weighted by molar-refractivity contribution is -0.998. The fraction of sp³-hybridized carbons (Fsp3) is 1.00. The SMILES string of the molecule is C[N+]1(C)CC[N+](C)(C)CC1.C[N+]1(C)CC[N+](C)(C)CC1.[Br-].[Br-]. The largest absolute Gasteiger partial charge is 1.00 e. The van der Waals surface area contributed by atoms with Crippen molar-refractivity contribution < 1.29 is 51.9 Å². The Hall–Kier alpha value is 0.800. The molecule has 6 heteroatoms. The summed E-state index contributed by atoms with van der Waals surface area (Å²) in [7, 11) is 18.5. The molecule has 0 aromatic rings. The molecule has 2 heterocycles. The van der Waals surface area contributed by atoms with Crippen LogP contribution in [0.25, 0.3) is 0 Å². The van der Waals surface area contributed by atoms with Crippen LogP contribution in [-0.4, -0.2) is 127 Å². The summed E-state index contributed by atoms with van der Waals surface area (Å²) in [6.45, 7) is 10.6. The molecule has 0 spiro atoms. The van der Waals surface area contributed by atoms with Crippen LogP contribution in [0.2, 0.25) is 0 Å². The third kappa shape index (κ3) is 9.83. The van der Waals surface area contributed by atoms with Crippen LogP contribution in [-0.2, 0) is 0 Å². The molecule has 2 fully saturated rings. The molecule has 0 N–H and O–H groups in total. The van der Waals surface area contributed by atoms with Gasteiger partial charge in [0.05, 0.1) is 56.4 Å². The highest BCUT2D eigenvalue weighted by Crippen LogP contribution is 2.10. The van der Waals surface area contributed by atoms with Crippen LogP contribution in [0.4, 0.5) is 0 Å². The maximum absolute atomic E-state index is 2.32. The van der Waals surface area contributed by atoms with Crippen molar-refractivity contribution in [3.05, 3.63) is 0 Å². The Labute approximate surface area is 160 Å². The molecule has 0 aromatic heterocycles. The summed E-state index contributed by atoms with van der Waals surface area (Å²) in [4.78, 5) is 0. The van der Waals surface area contributed by atoms with Crippen LogP contribution >= 0.6 is 0 Å². The van der Waals surface area contributed by atoms with Crippen LogP contribution in [0.3, 0.4) is 0 Å². The number of piperazine rings is 2. The van der Waals surface area contributed by atoms with Gasteiger partial charge in [0.2, 0.25) is 0 Å². The molecule has 0 bridgehead atoms. The summed E-state index contributed by atoms with van der Waals surface area (Å²) in [5, 5.41) is 0. The lowest BCUT2D eigenvalue weighted by atomic mass is 10.2. The molecular weight excluding hydrogens is 408 g/mol.